The molecule has 0 amide bonds. The van der Waals surface area contributed by atoms with Gasteiger partial charge in [-0.1, -0.05) is 44.5 Å². The summed E-state index contributed by atoms with van der Waals surface area (Å²) in [5, 5.41) is 6.04. The van der Waals surface area contributed by atoms with E-state index in [1.54, 1.807) is 0 Å². The van der Waals surface area contributed by atoms with E-state index in [0.717, 1.165) is 32.1 Å². The molecule has 0 radical (unpaired) electrons. The quantitative estimate of drug-likeness (QED) is 0.909. The lowest BCUT2D eigenvalue weighted by atomic mass is 10.1. The summed E-state index contributed by atoms with van der Waals surface area (Å²) in [5.41, 5.74) is 1.29. The predicted octanol–water partition coefficient (Wildman–Crippen LogP) is 3.58. The third kappa shape index (κ3) is 2.88. The normalized spacial score (nSPS) is 18.6. The number of benzene rings is 1. The van der Waals surface area contributed by atoms with E-state index in [1.165, 1.54) is 35.0 Å². The second kappa shape index (κ2) is 6.44. The first-order valence-corrected chi connectivity index (χ1v) is 8.15. The molecule has 1 N–H and O–H groups in total. The van der Waals surface area contributed by atoms with Crippen LogP contribution in [0.25, 0.3) is 10.8 Å². The van der Waals surface area contributed by atoms with Crippen LogP contribution in [0.2, 0.25) is 0 Å². The number of rotatable bonds is 5. The van der Waals surface area contributed by atoms with Crippen LogP contribution in [0.4, 0.5) is 5.82 Å². The minimum Gasteiger partial charge on any atom is -0.356 e. The average Bonchev–Trinajstić information content (AvgIpc) is 3.01. The molecule has 21 heavy (non-hydrogen) atoms. The standard InChI is InChI=1S/C18H25N3/c1-3-14-9-10-21(13-14)18-17-8-6-5-7-16(17)15(12-20-18)11-19-4-2/h5-8,12,14,19H,3-4,9-11,13H2,1-2H3. The molecule has 3 nitrogen and oxygen atoms in total. The Morgan fingerprint density at radius 2 is 2.05 bits per heavy atom. The Kier molecular flexibility index (Phi) is 4.39. The van der Waals surface area contributed by atoms with Crippen LogP contribution >= 0.6 is 0 Å². The highest BCUT2D eigenvalue weighted by Crippen LogP contribution is 2.31. The van der Waals surface area contributed by atoms with Gasteiger partial charge in [-0.05, 0) is 29.8 Å². The minimum atomic E-state index is 0.826. The molecule has 0 saturated carbocycles. The van der Waals surface area contributed by atoms with Gasteiger partial charge in [-0.3, -0.25) is 0 Å². The maximum Gasteiger partial charge on any atom is 0.136 e. The summed E-state index contributed by atoms with van der Waals surface area (Å²) in [6.45, 7) is 8.60. The van der Waals surface area contributed by atoms with Gasteiger partial charge in [0.2, 0.25) is 0 Å². The van der Waals surface area contributed by atoms with E-state index in [0.29, 0.717) is 0 Å². The average molecular weight is 283 g/mol. The Balaban J connectivity index is 1.97. The van der Waals surface area contributed by atoms with Crippen molar-refractivity contribution in [2.75, 3.05) is 24.5 Å². The van der Waals surface area contributed by atoms with Crippen molar-refractivity contribution in [1.29, 1.82) is 0 Å². The number of pyridine rings is 1. The number of hydrogen-bond donors (Lipinski definition) is 1. The summed E-state index contributed by atoms with van der Waals surface area (Å²) in [6.07, 6.45) is 4.62. The van der Waals surface area contributed by atoms with Crippen molar-refractivity contribution in [2.45, 2.75) is 33.2 Å². The molecule has 3 heteroatoms. The van der Waals surface area contributed by atoms with Crippen molar-refractivity contribution in [3.8, 4) is 0 Å². The number of anilines is 1. The Morgan fingerprint density at radius 3 is 2.76 bits per heavy atom. The molecule has 1 aromatic heterocycles. The lowest BCUT2D eigenvalue weighted by Crippen LogP contribution is -2.21. The van der Waals surface area contributed by atoms with E-state index < -0.39 is 0 Å². The first kappa shape index (κ1) is 14.3. The fourth-order valence-corrected chi connectivity index (χ4v) is 3.25. The van der Waals surface area contributed by atoms with Crippen LogP contribution in [0.3, 0.4) is 0 Å². The summed E-state index contributed by atoms with van der Waals surface area (Å²) in [4.78, 5) is 7.26. The third-order valence-electron chi connectivity index (χ3n) is 4.58. The molecule has 1 fully saturated rings. The fraction of sp³-hybridized carbons (Fsp3) is 0.500. The maximum atomic E-state index is 4.80. The summed E-state index contributed by atoms with van der Waals surface area (Å²) in [6, 6.07) is 8.69. The van der Waals surface area contributed by atoms with Gasteiger partial charge in [-0.25, -0.2) is 4.98 Å². The van der Waals surface area contributed by atoms with Crippen molar-refractivity contribution in [1.82, 2.24) is 10.3 Å². The zero-order chi connectivity index (χ0) is 14.7. The minimum absolute atomic E-state index is 0.826. The van der Waals surface area contributed by atoms with Crippen molar-refractivity contribution in [2.24, 2.45) is 5.92 Å². The second-order valence-corrected chi connectivity index (χ2v) is 5.94. The second-order valence-electron chi connectivity index (χ2n) is 5.94. The van der Waals surface area contributed by atoms with Crippen LogP contribution in [-0.2, 0) is 6.54 Å². The molecule has 1 aliphatic rings. The van der Waals surface area contributed by atoms with Crippen LogP contribution in [0.5, 0.6) is 0 Å². The highest BCUT2D eigenvalue weighted by molar-refractivity contribution is 5.94. The zero-order valence-electron chi connectivity index (χ0n) is 13.1. The molecule has 112 valence electrons. The van der Waals surface area contributed by atoms with E-state index in [9.17, 15) is 0 Å². The SMILES string of the molecule is CCNCc1cnc(N2CCC(CC)C2)c2ccccc12. The molecule has 1 aromatic carbocycles. The fourth-order valence-electron chi connectivity index (χ4n) is 3.25. The van der Waals surface area contributed by atoms with Crippen LogP contribution in [0, 0.1) is 5.92 Å². The first-order valence-electron chi connectivity index (χ1n) is 8.15. The van der Waals surface area contributed by atoms with Gasteiger partial charge in [0.1, 0.15) is 5.82 Å². The van der Waals surface area contributed by atoms with Gasteiger partial charge in [0.05, 0.1) is 0 Å². The molecular formula is C18H25N3. The van der Waals surface area contributed by atoms with Crippen LogP contribution < -0.4 is 10.2 Å². The Labute approximate surface area is 127 Å². The van der Waals surface area contributed by atoms with Crippen molar-refractivity contribution >= 4 is 16.6 Å². The topological polar surface area (TPSA) is 28.2 Å². The first-order chi connectivity index (χ1) is 10.3. The van der Waals surface area contributed by atoms with E-state index in [4.69, 9.17) is 4.98 Å². The molecule has 1 aliphatic heterocycles. The molecule has 3 rings (SSSR count). The molecule has 2 aromatic rings. The number of nitrogens with zero attached hydrogens (tertiary/aromatic N) is 2. The molecule has 1 atom stereocenters. The number of fused-ring (bicyclic) bond motifs is 1. The molecule has 2 heterocycles. The highest BCUT2D eigenvalue weighted by Gasteiger charge is 2.23. The molecule has 1 saturated heterocycles. The molecular weight excluding hydrogens is 258 g/mol. The van der Waals surface area contributed by atoms with E-state index in [1.807, 2.05) is 0 Å². The Morgan fingerprint density at radius 1 is 1.24 bits per heavy atom. The Bertz CT molecular complexity index is 608. The largest absolute Gasteiger partial charge is 0.356 e. The van der Waals surface area contributed by atoms with Gasteiger partial charge < -0.3 is 10.2 Å². The predicted molar refractivity (Wildman–Crippen MR) is 89.7 cm³/mol. The molecule has 0 spiro atoms. The van der Waals surface area contributed by atoms with Gasteiger partial charge in [-0.15, -0.1) is 0 Å². The third-order valence-corrected chi connectivity index (χ3v) is 4.58. The maximum absolute atomic E-state index is 4.80. The van der Waals surface area contributed by atoms with Crippen molar-refractivity contribution in [3.63, 3.8) is 0 Å². The summed E-state index contributed by atoms with van der Waals surface area (Å²) < 4.78 is 0. The van der Waals surface area contributed by atoms with E-state index in [2.05, 4.69) is 54.5 Å². The van der Waals surface area contributed by atoms with Gasteiger partial charge in [0.15, 0.2) is 0 Å². The summed E-state index contributed by atoms with van der Waals surface area (Å²) >= 11 is 0. The number of aromatic nitrogens is 1. The van der Waals surface area contributed by atoms with Gasteiger partial charge in [0.25, 0.3) is 0 Å². The van der Waals surface area contributed by atoms with Crippen molar-refractivity contribution < 1.29 is 0 Å². The van der Waals surface area contributed by atoms with Gasteiger partial charge in [-0.2, -0.15) is 0 Å². The van der Waals surface area contributed by atoms with Crippen LogP contribution in [0.1, 0.15) is 32.3 Å². The monoisotopic (exact) mass is 283 g/mol. The Hall–Kier alpha value is -1.61. The molecule has 1 unspecified atom stereocenters. The van der Waals surface area contributed by atoms with Gasteiger partial charge in [0, 0.05) is 31.2 Å². The van der Waals surface area contributed by atoms with E-state index in [-0.39, 0.29) is 0 Å². The molecule has 0 aliphatic carbocycles. The van der Waals surface area contributed by atoms with Crippen molar-refractivity contribution in [3.05, 3.63) is 36.0 Å². The van der Waals surface area contributed by atoms with E-state index >= 15 is 0 Å². The summed E-state index contributed by atoms with van der Waals surface area (Å²) in [7, 11) is 0. The smallest absolute Gasteiger partial charge is 0.136 e. The lowest BCUT2D eigenvalue weighted by Gasteiger charge is -2.20. The highest BCUT2D eigenvalue weighted by atomic mass is 15.2. The molecule has 0 bridgehead atoms. The van der Waals surface area contributed by atoms with Crippen LogP contribution in [0.15, 0.2) is 30.5 Å². The van der Waals surface area contributed by atoms with Crippen LogP contribution in [-0.4, -0.2) is 24.6 Å². The number of nitrogens with one attached hydrogen (secondary N) is 1. The van der Waals surface area contributed by atoms with Gasteiger partial charge >= 0.3 is 0 Å². The zero-order valence-corrected chi connectivity index (χ0v) is 13.1. The summed E-state index contributed by atoms with van der Waals surface area (Å²) in [5.74, 6) is 1.99. The lowest BCUT2D eigenvalue weighted by molar-refractivity contribution is 0.569. The number of hydrogen-bond acceptors (Lipinski definition) is 3.